The van der Waals surface area contributed by atoms with Gasteiger partial charge in [0.15, 0.2) is 0 Å². The number of aryl methyl sites for hydroxylation is 1. The molecular weight excluding hydrogens is 288 g/mol. The highest BCUT2D eigenvalue weighted by atomic mass is 32.2. The average Bonchev–Trinajstić information content (AvgIpc) is 2.90. The fraction of sp³-hybridized carbons (Fsp3) is 0.357. The molecule has 0 saturated heterocycles. The van der Waals surface area contributed by atoms with Crippen LogP contribution in [0.5, 0.6) is 0 Å². The molecule has 0 fully saturated rings. The van der Waals surface area contributed by atoms with Gasteiger partial charge in [0.25, 0.3) is 0 Å². The van der Waals surface area contributed by atoms with Crippen LogP contribution in [-0.2, 0) is 23.6 Å². The third kappa shape index (κ3) is 3.69. The number of nitrogens with one attached hydrogen (secondary N) is 1. The second kappa shape index (κ2) is 6.38. The molecule has 2 aromatic rings. The zero-order valence-corrected chi connectivity index (χ0v) is 13.0. The predicted octanol–water partition coefficient (Wildman–Crippen LogP) is 1.31. The Morgan fingerprint density at radius 1 is 1.43 bits per heavy atom. The molecule has 0 saturated carbocycles. The summed E-state index contributed by atoms with van der Waals surface area (Å²) in [6.07, 6.45) is 4.15. The first-order valence-electron chi connectivity index (χ1n) is 6.75. The van der Waals surface area contributed by atoms with Crippen molar-refractivity contribution in [3.8, 4) is 0 Å². The number of benzene rings is 1. The Balaban J connectivity index is 2.18. The van der Waals surface area contributed by atoms with Crippen LogP contribution in [0.15, 0.2) is 41.6 Å². The Morgan fingerprint density at radius 3 is 2.81 bits per heavy atom. The number of rotatable bonds is 6. The Bertz CT molecular complexity index is 709. The number of hydrogen-bond acceptors (Lipinski definition) is 4. The van der Waals surface area contributed by atoms with Gasteiger partial charge in [-0.25, -0.2) is 18.1 Å². The minimum atomic E-state index is -3.58. The lowest BCUT2D eigenvalue weighted by molar-refractivity contribution is 0.577. The second-order valence-corrected chi connectivity index (χ2v) is 6.63. The molecule has 1 unspecified atom stereocenters. The van der Waals surface area contributed by atoms with Crippen molar-refractivity contribution in [2.75, 3.05) is 0 Å². The first-order valence-corrected chi connectivity index (χ1v) is 8.23. The van der Waals surface area contributed by atoms with E-state index in [1.807, 2.05) is 20.0 Å². The topological polar surface area (TPSA) is 90.0 Å². The van der Waals surface area contributed by atoms with Gasteiger partial charge in [0.05, 0.1) is 11.4 Å². The predicted molar refractivity (Wildman–Crippen MR) is 80.9 cm³/mol. The summed E-state index contributed by atoms with van der Waals surface area (Å²) in [6, 6.07) is 6.57. The molecule has 2 rings (SSSR count). The maximum Gasteiger partial charge on any atom is 0.240 e. The van der Waals surface area contributed by atoms with E-state index in [1.54, 1.807) is 35.2 Å². The summed E-state index contributed by atoms with van der Waals surface area (Å²) >= 11 is 0. The van der Waals surface area contributed by atoms with Gasteiger partial charge in [0.1, 0.15) is 5.82 Å². The molecule has 0 spiro atoms. The number of imidazole rings is 1. The van der Waals surface area contributed by atoms with E-state index < -0.39 is 10.0 Å². The highest BCUT2D eigenvalue weighted by Crippen LogP contribution is 2.18. The van der Waals surface area contributed by atoms with Crippen LogP contribution in [-0.4, -0.2) is 18.0 Å². The average molecular weight is 308 g/mol. The normalized spacial score (nSPS) is 13.3. The largest absolute Gasteiger partial charge is 0.337 e. The van der Waals surface area contributed by atoms with Gasteiger partial charge in [-0.05, 0) is 24.1 Å². The molecule has 21 heavy (non-hydrogen) atoms. The zero-order valence-electron chi connectivity index (χ0n) is 12.2. The van der Waals surface area contributed by atoms with Crippen LogP contribution in [0.2, 0.25) is 0 Å². The van der Waals surface area contributed by atoms with Gasteiger partial charge in [0.2, 0.25) is 10.0 Å². The Labute approximate surface area is 125 Å². The molecule has 0 amide bonds. The van der Waals surface area contributed by atoms with Crippen molar-refractivity contribution in [1.29, 1.82) is 0 Å². The molecular formula is C14H20N4O2S. The fourth-order valence-corrected chi connectivity index (χ4v) is 2.99. The fourth-order valence-electron chi connectivity index (χ4n) is 1.96. The van der Waals surface area contributed by atoms with Crippen molar-refractivity contribution < 1.29 is 8.42 Å². The molecule has 0 aliphatic heterocycles. The number of nitrogens with two attached hydrogens (primary N) is 1. The minimum Gasteiger partial charge on any atom is -0.337 e. The van der Waals surface area contributed by atoms with E-state index >= 15 is 0 Å². The third-order valence-corrected chi connectivity index (χ3v) is 4.78. The summed E-state index contributed by atoms with van der Waals surface area (Å²) in [5.41, 5.74) is 6.77. The van der Waals surface area contributed by atoms with Gasteiger partial charge < -0.3 is 10.3 Å². The van der Waals surface area contributed by atoms with Gasteiger partial charge in [0, 0.05) is 25.5 Å². The van der Waals surface area contributed by atoms with Crippen molar-refractivity contribution >= 4 is 10.0 Å². The van der Waals surface area contributed by atoms with Crippen LogP contribution in [0.1, 0.15) is 30.8 Å². The van der Waals surface area contributed by atoms with Crippen molar-refractivity contribution in [3.05, 3.63) is 48.0 Å². The minimum absolute atomic E-state index is 0.149. The van der Waals surface area contributed by atoms with E-state index in [-0.39, 0.29) is 17.5 Å². The summed E-state index contributed by atoms with van der Waals surface area (Å²) in [5, 5.41) is 0. The monoisotopic (exact) mass is 308 g/mol. The summed E-state index contributed by atoms with van der Waals surface area (Å²) < 4.78 is 28.9. The first kappa shape index (κ1) is 15.7. The van der Waals surface area contributed by atoms with Crippen LogP contribution in [0.4, 0.5) is 0 Å². The molecule has 114 valence electrons. The van der Waals surface area contributed by atoms with Crippen molar-refractivity contribution in [1.82, 2.24) is 14.3 Å². The van der Waals surface area contributed by atoms with Crippen molar-refractivity contribution in [3.63, 3.8) is 0 Å². The van der Waals surface area contributed by atoms with Crippen molar-refractivity contribution in [2.45, 2.75) is 30.8 Å². The van der Waals surface area contributed by atoms with E-state index in [1.165, 1.54) is 0 Å². The Morgan fingerprint density at radius 2 is 2.19 bits per heavy atom. The molecule has 7 heteroatoms. The SMILES string of the molecule is CCC(N)c1cccc(S(=O)(=O)NCc2nccn2C)c1. The van der Waals surface area contributed by atoms with Gasteiger partial charge in [-0.3, -0.25) is 0 Å². The smallest absolute Gasteiger partial charge is 0.240 e. The maximum absolute atomic E-state index is 12.3. The zero-order chi connectivity index (χ0) is 15.5. The second-order valence-electron chi connectivity index (χ2n) is 4.87. The highest BCUT2D eigenvalue weighted by Gasteiger charge is 2.16. The summed E-state index contributed by atoms with van der Waals surface area (Å²) in [4.78, 5) is 4.31. The molecule has 1 heterocycles. The molecule has 1 aromatic heterocycles. The maximum atomic E-state index is 12.3. The highest BCUT2D eigenvalue weighted by molar-refractivity contribution is 7.89. The molecule has 6 nitrogen and oxygen atoms in total. The van der Waals surface area contributed by atoms with E-state index in [2.05, 4.69) is 9.71 Å². The standard InChI is InChI=1S/C14H20N4O2S/c1-3-13(15)11-5-4-6-12(9-11)21(19,20)17-10-14-16-7-8-18(14)2/h4-9,13,17H,3,10,15H2,1-2H3. The number of aromatic nitrogens is 2. The summed E-state index contributed by atoms with van der Waals surface area (Å²) in [7, 11) is -1.76. The van der Waals surface area contributed by atoms with Gasteiger partial charge in [-0.2, -0.15) is 0 Å². The number of hydrogen-bond donors (Lipinski definition) is 2. The van der Waals surface area contributed by atoms with E-state index in [4.69, 9.17) is 5.73 Å². The molecule has 3 N–H and O–H groups in total. The Hall–Kier alpha value is -1.70. The van der Waals surface area contributed by atoms with E-state index in [9.17, 15) is 8.42 Å². The molecule has 1 atom stereocenters. The van der Waals surface area contributed by atoms with E-state index in [0.29, 0.717) is 5.82 Å². The lowest BCUT2D eigenvalue weighted by Crippen LogP contribution is -2.25. The van der Waals surface area contributed by atoms with Crippen LogP contribution < -0.4 is 10.5 Å². The van der Waals surface area contributed by atoms with Gasteiger partial charge in [-0.1, -0.05) is 19.1 Å². The van der Waals surface area contributed by atoms with Gasteiger partial charge >= 0.3 is 0 Å². The molecule has 0 aliphatic rings. The molecule has 0 aliphatic carbocycles. The van der Waals surface area contributed by atoms with Crippen LogP contribution in [0.25, 0.3) is 0 Å². The lowest BCUT2D eigenvalue weighted by atomic mass is 10.1. The Kier molecular flexibility index (Phi) is 4.76. The third-order valence-electron chi connectivity index (χ3n) is 3.38. The quantitative estimate of drug-likeness (QED) is 0.842. The van der Waals surface area contributed by atoms with Crippen LogP contribution in [0, 0.1) is 0 Å². The number of sulfonamides is 1. The lowest BCUT2D eigenvalue weighted by Gasteiger charge is -2.12. The first-order chi connectivity index (χ1) is 9.94. The molecule has 0 bridgehead atoms. The molecule has 1 aromatic carbocycles. The molecule has 0 radical (unpaired) electrons. The van der Waals surface area contributed by atoms with Crippen LogP contribution in [0.3, 0.4) is 0 Å². The van der Waals surface area contributed by atoms with Crippen molar-refractivity contribution in [2.24, 2.45) is 12.8 Å². The number of nitrogens with zero attached hydrogens (tertiary/aromatic N) is 2. The van der Waals surface area contributed by atoms with E-state index in [0.717, 1.165) is 12.0 Å². The van der Waals surface area contributed by atoms with Crippen LogP contribution >= 0.6 is 0 Å². The van der Waals surface area contributed by atoms with Gasteiger partial charge in [-0.15, -0.1) is 0 Å². The summed E-state index contributed by atoms with van der Waals surface area (Å²) in [5.74, 6) is 0.653. The summed E-state index contributed by atoms with van der Waals surface area (Å²) in [6.45, 7) is 2.11.